The molecule has 0 bridgehead atoms. The van der Waals surface area contributed by atoms with E-state index in [1.807, 2.05) is 43.3 Å². The minimum atomic E-state index is -0.421. The first-order valence-corrected chi connectivity index (χ1v) is 7.96. The average Bonchev–Trinajstić information content (AvgIpc) is 2.55. The van der Waals surface area contributed by atoms with Gasteiger partial charge in [0.15, 0.2) is 0 Å². The quantitative estimate of drug-likeness (QED) is 0.654. The second-order valence-corrected chi connectivity index (χ2v) is 6.00. The average molecular weight is 333 g/mol. The Hall–Kier alpha value is -3.27. The first-order valence-electron chi connectivity index (χ1n) is 7.96. The van der Waals surface area contributed by atoms with Gasteiger partial charge in [0.25, 0.3) is 5.91 Å². The Morgan fingerprint density at radius 1 is 0.920 bits per heavy atom. The van der Waals surface area contributed by atoms with Crippen molar-refractivity contribution in [3.8, 4) is 22.6 Å². The van der Waals surface area contributed by atoms with Crippen molar-refractivity contribution in [2.24, 2.45) is 0 Å². The van der Waals surface area contributed by atoms with Gasteiger partial charge in [-0.3, -0.25) is 4.79 Å². The number of rotatable bonds is 3. The SMILES string of the molecule is Cc1cccc(-c2c(O)cc(C)c(C(=O)Nc3ccccc3)c2O)c1. The highest BCUT2D eigenvalue weighted by Gasteiger charge is 2.22. The number of hydrogen-bond donors (Lipinski definition) is 3. The summed E-state index contributed by atoms with van der Waals surface area (Å²) in [5.41, 5.74) is 3.19. The predicted molar refractivity (Wildman–Crippen MR) is 99.1 cm³/mol. The molecule has 4 heteroatoms. The van der Waals surface area contributed by atoms with Crippen molar-refractivity contribution in [3.63, 3.8) is 0 Å². The van der Waals surface area contributed by atoms with E-state index in [0.29, 0.717) is 16.8 Å². The number of para-hydroxylation sites is 1. The summed E-state index contributed by atoms with van der Waals surface area (Å²) >= 11 is 0. The minimum absolute atomic E-state index is 0.0585. The third kappa shape index (κ3) is 3.33. The van der Waals surface area contributed by atoms with Crippen molar-refractivity contribution in [1.82, 2.24) is 0 Å². The molecule has 0 radical (unpaired) electrons. The monoisotopic (exact) mass is 333 g/mol. The number of nitrogens with one attached hydrogen (secondary N) is 1. The van der Waals surface area contributed by atoms with Crippen LogP contribution in [0.2, 0.25) is 0 Å². The zero-order chi connectivity index (χ0) is 18.0. The molecule has 0 aliphatic rings. The molecule has 3 aromatic rings. The summed E-state index contributed by atoms with van der Waals surface area (Å²) in [4.78, 5) is 12.7. The van der Waals surface area contributed by atoms with Gasteiger partial charge in [0.05, 0.1) is 11.1 Å². The molecule has 0 atom stereocenters. The van der Waals surface area contributed by atoms with Crippen LogP contribution in [0.4, 0.5) is 5.69 Å². The van der Waals surface area contributed by atoms with Crippen LogP contribution < -0.4 is 5.32 Å². The molecule has 3 N–H and O–H groups in total. The fourth-order valence-electron chi connectivity index (χ4n) is 2.87. The van der Waals surface area contributed by atoms with Crippen molar-refractivity contribution in [3.05, 3.63) is 77.4 Å². The van der Waals surface area contributed by atoms with Gasteiger partial charge < -0.3 is 15.5 Å². The third-order valence-corrected chi connectivity index (χ3v) is 4.04. The van der Waals surface area contributed by atoms with Crippen molar-refractivity contribution < 1.29 is 15.0 Å². The van der Waals surface area contributed by atoms with Crippen LogP contribution in [-0.4, -0.2) is 16.1 Å². The Balaban J connectivity index is 2.08. The molecule has 0 saturated heterocycles. The summed E-state index contributed by atoms with van der Waals surface area (Å²) in [6.07, 6.45) is 0. The molecule has 126 valence electrons. The predicted octanol–water partition coefficient (Wildman–Crippen LogP) is 4.63. The molecule has 4 nitrogen and oxygen atoms in total. The second-order valence-electron chi connectivity index (χ2n) is 6.00. The maximum Gasteiger partial charge on any atom is 0.259 e. The fraction of sp³-hybridized carbons (Fsp3) is 0.0952. The molecule has 0 unspecified atom stereocenters. The van der Waals surface area contributed by atoms with Gasteiger partial charge in [-0.25, -0.2) is 0 Å². The van der Waals surface area contributed by atoms with Crippen LogP contribution in [0, 0.1) is 13.8 Å². The minimum Gasteiger partial charge on any atom is -0.507 e. The molecule has 0 aliphatic carbocycles. The number of phenols is 2. The van der Waals surface area contributed by atoms with Crippen LogP contribution in [-0.2, 0) is 0 Å². The van der Waals surface area contributed by atoms with Gasteiger partial charge in [0.1, 0.15) is 11.5 Å². The number of carbonyl (C=O) groups is 1. The summed E-state index contributed by atoms with van der Waals surface area (Å²) < 4.78 is 0. The first-order chi connectivity index (χ1) is 12.0. The molecular weight excluding hydrogens is 314 g/mol. The molecule has 0 heterocycles. The number of aromatic hydroxyl groups is 2. The highest BCUT2D eigenvalue weighted by molar-refractivity contribution is 6.09. The number of benzene rings is 3. The molecule has 0 aromatic heterocycles. The molecule has 25 heavy (non-hydrogen) atoms. The number of amides is 1. The van der Waals surface area contributed by atoms with E-state index < -0.39 is 5.91 Å². The summed E-state index contributed by atoms with van der Waals surface area (Å²) in [6.45, 7) is 3.61. The van der Waals surface area contributed by atoms with Crippen molar-refractivity contribution >= 4 is 11.6 Å². The van der Waals surface area contributed by atoms with E-state index in [1.165, 1.54) is 6.07 Å². The van der Waals surface area contributed by atoms with E-state index in [-0.39, 0.29) is 22.6 Å². The van der Waals surface area contributed by atoms with Gasteiger partial charge in [0, 0.05) is 5.69 Å². The molecule has 0 spiro atoms. The van der Waals surface area contributed by atoms with Gasteiger partial charge in [-0.15, -0.1) is 0 Å². The van der Waals surface area contributed by atoms with Crippen LogP contribution in [0.3, 0.4) is 0 Å². The van der Waals surface area contributed by atoms with Gasteiger partial charge in [0.2, 0.25) is 0 Å². The zero-order valence-corrected chi connectivity index (χ0v) is 14.1. The topological polar surface area (TPSA) is 69.6 Å². The van der Waals surface area contributed by atoms with Crippen molar-refractivity contribution in [2.45, 2.75) is 13.8 Å². The first kappa shape index (κ1) is 16.6. The molecule has 0 fully saturated rings. The van der Waals surface area contributed by atoms with E-state index in [9.17, 15) is 15.0 Å². The van der Waals surface area contributed by atoms with Crippen molar-refractivity contribution in [1.29, 1.82) is 0 Å². The van der Waals surface area contributed by atoms with E-state index in [0.717, 1.165) is 5.56 Å². The van der Waals surface area contributed by atoms with E-state index in [4.69, 9.17) is 0 Å². The number of aryl methyl sites for hydroxylation is 2. The number of carbonyl (C=O) groups excluding carboxylic acids is 1. The standard InChI is InChI=1S/C21H19NO3/c1-13-7-6-8-15(11-13)19-17(23)12-14(2)18(20(19)24)21(25)22-16-9-4-3-5-10-16/h3-12,23-24H,1-2H3,(H,22,25). The Bertz CT molecular complexity index is 933. The second kappa shape index (κ2) is 6.69. The normalized spacial score (nSPS) is 10.5. The van der Waals surface area contributed by atoms with E-state index >= 15 is 0 Å². The van der Waals surface area contributed by atoms with Crippen molar-refractivity contribution in [2.75, 3.05) is 5.32 Å². The van der Waals surface area contributed by atoms with E-state index in [1.54, 1.807) is 25.1 Å². The Morgan fingerprint density at radius 3 is 2.32 bits per heavy atom. The Kier molecular flexibility index (Phi) is 4.44. The van der Waals surface area contributed by atoms with Gasteiger partial charge in [-0.2, -0.15) is 0 Å². The lowest BCUT2D eigenvalue weighted by molar-refractivity contribution is 0.102. The third-order valence-electron chi connectivity index (χ3n) is 4.04. The fourth-order valence-corrected chi connectivity index (χ4v) is 2.87. The van der Waals surface area contributed by atoms with Gasteiger partial charge in [-0.1, -0.05) is 48.0 Å². The molecular formula is C21H19NO3. The highest BCUT2D eigenvalue weighted by atomic mass is 16.3. The molecule has 0 saturated carbocycles. The lowest BCUT2D eigenvalue weighted by atomic mass is 9.95. The molecule has 3 rings (SSSR count). The van der Waals surface area contributed by atoms with Crippen LogP contribution in [0.25, 0.3) is 11.1 Å². The molecule has 0 aliphatic heterocycles. The van der Waals surface area contributed by atoms with Crippen LogP contribution in [0.15, 0.2) is 60.7 Å². The summed E-state index contributed by atoms with van der Waals surface area (Å²) in [5.74, 6) is -0.705. The molecule has 3 aromatic carbocycles. The van der Waals surface area contributed by atoms with E-state index in [2.05, 4.69) is 5.32 Å². The maximum absolute atomic E-state index is 12.7. The highest BCUT2D eigenvalue weighted by Crippen LogP contribution is 2.41. The van der Waals surface area contributed by atoms with Gasteiger partial charge in [-0.05, 0) is 43.2 Å². The van der Waals surface area contributed by atoms with Gasteiger partial charge >= 0.3 is 0 Å². The summed E-state index contributed by atoms with van der Waals surface area (Å²) in [7, 11) is 0. The van der Waals surface area contributed by atoms with Crippen LogP contribution in [0.1, 0.15) is 21.5 Å². The lowest BCUT2D eigenvalue weighted by Gasteiger charge is -2.15. The summed E-state index contributed by atoms with van der Waals surface area (Å²) in [5, 5.41) is 23.8. The number of anilines is 1. The van der Waals surface area contributed by atoms with Crippen LogP contribution in [0.5, 0.6) is 11.5 Å². The Morgan fingerprint density at radius 2 is 1.64 bits per heavy atom. The number of phenolic OH excluding ortho intramolecular Hbond substituents is 2. The largest absolute Gasteiger partial charge is 0.507 e. The Labute approximate surface area is 146 Å². The number of hydrogen-bond acceptors (Lipinski definition) is 3. The van der Waals surface area contributed by atoms with Crippen LogP contribution >= 0.6 is 0 Å². The maximum atomic E-state index is 12.7. The lowest BCUT2D eigenvalue weighted by Crippen LogP contribution is -2.14. The summed E-state index contributed by atoms with van der Waals surface area (Å²) in [6, 6.07) is 17.9. The zero-order valence-electron chi connectivity index (χ0n) is 14.1. The molecule has 1 amide bonds. The smallest absolute Gasteiger partial charge is 0.259 e.